The van der Waals surface area contributed by atoms with E-state index in [0.717, 1.165) is 26.6 Å². The van der Waals surface area contributed by atoms with E-state index in [9.17, 15) is 13.2 Å². The second-order valence-electron chi connectivity index (χ2n) is 8.80. The van der Waals surface area contributed by atoms with E-state index in [1.54, 1.807) is 57.5 Å². The van der Waals surface area contributed by atoms with Crippen LogP contribution in [0.15, 0.2) is 59.5 Å². The standard InChI is InChI=1S/C28H34N2O6S/c1-19-7-9-25(35-5)27(16-19)37(32,33)30(23-14-20(2)13-21(3)15-23)18-28(31)29-12-11-22-8-10-24(34-4)26(17-22)36-6/h7-10,13-17H,11-12,18H2,1-6H3,(H,29,31). The van der Waals surface area contributed by atoms with Gasteiger partial charge in [-0.05, 0) is 85.8 Å². The van der Waals surface area contributed by atoms with Crippen LogP contribution in [0.4, 0.5) is 5.69 Å². The Kier molecular flexibility index (Phi) is 9.04. The fourth-order valence-electron chi connectivity index (χ4n) is 4.08. The molecule has 0 atom stereocenters. The first-order valence-corrected chi connectivity index (χ1v) is 13.3. The molecule has 0 aliphatic rings. The number of aryl methyl sites for hydroxylation is 3. The van der Waals surface area contributed by atoms with Crippen LogP contribution in [0.25, 0.3) is 0 Å². The summed E-state index contributed by atoms with van der Waals surface area (Å²) >= 11 is 0. The fraction of sp³-hybridized carbons (Fsp3) is 0.321. The van der Waals surface area contributed by atoms with Crippen molar-refractivity contribution in [2.24, 2.45) is 0 Å². The van der Waals surface area contributed by atoms with Crippen molar-refractivity contribution < 1.29 is 27.4 Å². The number of ether oxygens (including phenoxy) is 3. The maximum atomic E-state index is 13.9. The molecule has 0 spiro atoms. The number of nitrogens with zero attached hydrogens (tertiary/aromatic N) is 1. The first-order chi connectivity index (χ1) is 17.6. The lowest BCUT2D eigenvalue weighted by Gasteiger charge is -2.26. The van der Waals surface area contributed by atoms with Gasteiger partial charge >= 0.3 is 0 Å². The summed E-state index contributed by atoms with van der Waals surface area (Å²) in [5, 5.41) is 2.84. The number of hydrogen-bond acceptors (Lipinski definition) is 6. The first kappa shape index (κ1) is 27.9. The molecule has 0 radical (unpaired) electrons. The Labute approximate surface area is 219 Å². The van der Waals surface area contributed by atoms with Crippen molar-refractivity contribution >= 4 is 21.6 Å². The summed E-state index contributed by atoms with van der Waals surface area (Å²) in [6, 6.07) is 16.0. The lowest BCUT2D eigenvalue weighted by molar-refractivity contribution is -0.119. The molecule has 0 unspecified atom stereocenters. The number of sulfonamides is 1. The van der Waals surface area contributed by atoms with E-state index >= 15 is 0 Å². The van der Waals surface area contributed by atoms with Crippen LogP contribution in [-0.2, 0) is 21.2 Å². The third-order valence-electron chi connectivity index (χ3n) is 5.85. The topological polar surface area (TPSA) is 94.2 Å². The lowest BCUT2D eigenvalue weighted by Crippen LogP contribution is -2.41. The minimum Gasteiger partial charge on any atom is -0.495 e. The number of rotatable bonds is 11. The normalized spacial score (nSPS) is 11.1. The largest absolute Gasteiger partial charge is 0.495 e. The molecule has 1 amide bonds. The summed E-state index contributed by atoms with van der Waals surface area (Å²) in [6.45, 7) is 5.52. The summed E-state index contributed by atoms with van der Waals surface area (Å²) in [5.41, 5.74) is 3.90. The number of nitrogens with one attached hydrogen (secondary N) is 1. The second kappa shape index (κ2) is 12.0. The minimum absolute atomic E-state index is 0.00675. The van der Waals surface area contributed by atoms with Gasteiger partial charge in [-0.25, -0.2) is 8.42 Å². The highest BCUT2D eigenvalue weighted by Crippen LogP contribution is 2.32. The van der Waals surface area contributed by atoms with Gasteiger partial charge in [0, 0.05) is 6.54 Å². The van der Waals surface area contributed by atoms with Gasteiger partial charge in [-0.1, -0.05) is 18.2 Å². The molecule has 0 heterocycles. The van der Waals surface area contributed by atoms with E-state index < -0.39 is 15.9 Å². The molecule has 9 heteroatoms. The molecule has 37 heavy (non-hydrogen) atoms. The van der Waals surface area contributed by atoms with Crippen molar-refractivity contribution in [2.45, 2.75) is 32.1 Å². The van der Waals surface area contributed by atoms with Crippen LogP contribution in [0.2, 0.25) is 0 Å². The van der Waals surface area contributed by atoms with Crippen LogP contribution in [0.1, 0.15) is 22.3 Å². The van der Waals surface area contributed by atoms with Gasteiger partial charge in [0.2, 0.25) is 5.91 Å². The lowest BCUT2D eigenvalue weighted by atomic mass is 10.1. The van der Waals surface area contributed by atoms with Gasteiger partial charge in [0.25, 0.3) is 10.0 Å². The van der Waals surface area contributed by atoms with E-state index in [1.165, 1.54) is 7.11 Å². The third kappa shape index (κ3) is 6.74. The highest BCUT2D eigenvalue weighted by atomic mass is 32.2. The molecule has 3 aromatic rings. The summed E-state index contributed by atoms with van der Waals surface area (Å²) in [4.78, 5) is 13.0. The molecule has 3 rings (SSSR count). The zero-order chi connectivity index (χ0) is 27.2. The maximum Gasteiger partial charge on any atom is 0.268 e. The highest BCUT2D eigenvalue weighted by Gasteiger charge is 2.30. The van der Waals surface area contributed by atoms with Crippen LogP contribution in [0.5, 0.6) is 17.2 Å². The van der Waals surface area contributed by atoms with Crippen molar-refractivity contribution in [3.8, 4) is 17.2 Å². The van der Waals surface area contributed by atoms with Crippen LogP contribution in [-0.4, -0.2) is 48.7 Å². The molecular weight excluding hydrogens is 492 g/mol. The number of methoxy groups -OCH3 is 3. The van der Waals surface area contributed by atoms with Crippen LogP contribution < -0.4 is 23.8 Å². The third-order valence-corrected chi connectivity index (χ3v) is 7.65. The van der Waals surface area contributed by atoms with Gasteiger partial charge in [-0.2, -0.15) is 0 Å². The Morgan fingerprint density at radius 2 is 1.41 bits per heavy atom. The van der Waals surface area contributed by atoms with Crippen LogP contribution >= 0.6 is 0 Å². The van der Waals surface area contributed by atoms with Crippen molar-refractivity contribution in [3.63, 3.8) is 0 Å². The number of benzene rings is 3. The average molecular weight is 527 g/mol. The SMILES string of the molecule is COc1ccc(CCNC(=O)CN(c2cc(C)cc(C)c2)S(=O)(=O)c2cc(C)ccc2OC)cc1OC. The molecule has 0 saturated carbocycles. The van der Waals surface area contributed by atoms with Crippen LogP contribution in [0.3, 0.4) is 0 Å². The van der Waals surface area contributed by atoms with Gasteiger partial charge in [-0.3, -0.25) is 9.10 Å². The summed E-state index contributed by atoms with van der Waals surface area (Å²) in [5.74, 6) is 1.02. The molecular formula is C28H34N2O6S. The average Bonchev–Trinajstić information content (AvgIpc) is 2.86. The maximum absolute atomic E-state index is 13.9. The Balaban J connectivity index is 1.85. The number of carbonyl (C=O) groups is 1. The van der Waals surface area contributed by atoms with Gasteiger partial charge in [0.1, 0.15) is 17.2 Å². The quantitative estimate of drug-likeness (QED) is 0.403. The predicted octanol–water partition coefficient (Wildman–Crippen LogP) is 4.19. The summed E-state index contributed by atoms with van der Waals surface area (Å²) in [7, 11) is 0.431. The Hall–Kier alpha value is -3.72. The molecule has 1 N–H and O–H groups in total. The van der Waals surface area contributed by atoms with Gasteiger partial charge in [-0.15, -0.1) is 0 Å². The predicted molar refractivity (Wildman–Crippen MR) is 144 cm³/mol. The fourth-order valence-corrected chi connectivity index (χ4v) is 5.73. The van der Waals surface area contributed by atoms with Crippen molar-refractivity contribution in [1.82, 2.24) is 5.32 Å². The molecule has 0 fully saturated rings. The molecule has 0 aromatic heterocycles. The van der Waals surface area contributed by atoms with Crippen molar-refractivity contribution in [2.75, 3.05) is 38.7 Å². The second-order valence-corrected chi connectivity index (χ2v) is 10.6. The van der Waals surface area contributed by atoms with Crippen molar-refractivity contribution in [3.05, 3.63) is 76.9 Å². The van der Waals surface area contributed by atoms with Gasteiger partial charge in [0.15, 0.2) is 11.5 Å². The van der Waals surface area contributed by atoms with E-state index in [1.807, 2.05) is 32.0 Å². The molecule has 0 aliphatic carbocycles. The molecule has 0 aliphatic heterocycles. The highest BCUT2D eigenvalue weighted by molar-refractivity contribution is 7.93. The smallest absolute Gasteiger partial charge is 0.268 e. The Bertz CT molecular complexity index is 1350. The molecule has 0 bridgehead atoms. The molecule has 8 nitrogen and oxygen atoms in total. The van der Waals surface area contributed by atoms with E-state index in [4.69, 9.17) is 14.2 Å². The Morgan fingerprint density at radius 3 is 2.03 bits per heavy atom. The Morgan fingerprint density at radius 1 is 0.784 bits per heavy atom. The van der Waals surface area contributed by atoms with E-state index in [2.05, 4.69) is 5.32 Å². The van der Waals surface area contributed by atoms with Gasteiger partial charge in [0.05, 0.1) is 27.0 Å². The first-order valence-electron chi connectivity index (χ1n) is 11.8. The summed E-state index contributed by atoms with van der Waals surface area (Å²) < 4.78 is 44.9. The zero-order valence-corrected chi connectivity index (χ0v) is 22.9. The zero-order valence-electron chi connectivity index (χ0n) is 22.1. The number of anilines is 1. The minimum atomic E-state index is -4.12. The van der Waals surface area contributed by atoms with E-state index in [-0.39, 0.29) is 17.2 Å². The number of hydrogen-bond donors (Lipinski definition) is 1. The monoisotopic (exact) mass is 526 g/mol. The van der Waals surface area contributed by atoms with E-state index in [0.29, 0.717) is 30.2 Å². The number of carbonyl (C=O) groups excluding carboxylic acids is 1. The molecule has 0 saturated heterocycles. The molecule has 3 aromatic carbocycles. The number of amides is 1. The van der Waals surface area contributed by atoms with Crippen molar-refractivity contribution in [1.29, 1.82) is 0 Å². The molecule has 198 valence electrons. The van der Waals surface area contributed by atoms with Gasteiger partial charge < -0.3 is 19.5 Å². The summed E-state index contributed by atoms with van der Waals surface area (Å²) in [6.07, 6.45) is 0.536. The van der Waals surface area contributed by atoms with Crippen LogP contribution in [0, 0.1) is 20.8 Å².